The second-order valence-electron chi connectivity index (χ2n) is 3.51. The summed E-state index contributed by atoms with van der Waals surface area (Å²) in [5.41, 5.74) is 0. The Balaban J connectivity index is 1.90. The summed E-state index contributed by atoms with van der Waals surface area (Å²) in [6, 6.07) is 4.07. The van der Waals surface area contributed by atoms with Gasteiger partial charge in [0, 0.05) is 24.5 Å². The molecular formula is C10H13NO3S. The molecule has 15 heavy (non-hydrogen) atoms. The van der Waals surface area contributed by atoms with Gasteiger partial charge in [0.05, 0.1) is 6.61 Å². The van der Waals surface area contributed by atoms with Crippen molar-refractivity contribution in [3.05, 3.63) is 22.4 Å². The minimum atomic E-state index is -0.870. The molecule has 1 aliphatic heterocycles. The van der Waals surface area contributed by atoms with E-state index in [9.17, 15) is 4.79 Å². The van der Waals surface area contributed by atoms with Gasteiger partial charge >= 0.3 is 5.97 Å². The van der Waals surface area contributed by atoms with E-state index in [1.807, 2.05) is 11.4 Å². The van der Waals surface area contributed by atoms with Gasteiger partial charge in [-0.15, -0.1) is 11.3 Å². The first-order chi connectivity index (χ1) is 7.25. The van der Waals surface area contributed by atoms with Crippen LogP contribution < -0.4 is 0 Å². The van der Waals surface area contributed by atoms with Crippen molar-refractivity contribution < 1.29 is 14.6 Å². The Kier molecular flexibility index (Phi) is 3.35. The highest BCUT2D eigenvalue weighted by atomic mass is 32.1. The number of hydrogen-bond donors (Lipinski definition) is 1. The van der Waals surface area contributed by atoms with Crippen LogP contribution in [0.15, 0.2) is 17.5 Å². The Bertz CT molecular complexity index is 325. The van der Waals surface area contributed by atoms with Gasteiger partial charge in [-0.1, -0.05) is 6.07 Å². The van der Waals surface area contributed by atoms with Gasteiger partial charge in [0.25, 0.3) is 0 Å². The number of aliphatic carboxylic acids is 1. The monoisotopic (exact) mass is 227 g/mol. The summed E-state index contributed by atoms with van der Waals surface area (Å²) in [6.45, 7) is 2.61. The van der Waals surface area contributed by atoms with Crippen LogP contribution in [0, 0.1) is 0 Å². The molecule has 1 aliphatic rings. The predicted octanol–water partition coefficient (Wildman–Crippen LogP) is 1.03. The quantitative estimate of drug-likeness (QED) is 0.838. The normalized spacial score (nSPS) is 22.8. The van der Waals surface area contributed by atoms with Gasteiger partial charge in [-0.25, -0.2) is 4.79 Å². The van der Waals surface area contributed by atoms with E-state index in [-0.39, 0.29) is 0 Å². The molecule has 1 atom stereocenters. The van der Waals surface area contributed by atoms with Gasteiger partial charge < -0.3 is 9.84 Å². The number of morpholine rings is 1. The Morgan fingerprint density at radius 3 is 3.27 bits per heavy atom. The summed E-state index contributed by atoms with van der Waals surface area (Å²) in [5.74, 6) is -0.870. The smallest absolute Gasteiger partial charge is 0.334 e. The van der Waals surface area contributed by atoms with Crippen LogP contribution in [-0.2, 0) is 16.1 Å². The van der Waals surface area contributed by atoms with Crippen molar-refractivity contribution in [2.45, 2.75) is 12.6 Å². The Morgan fingerprint density at radius 1 is 1.73 bits per heavy atom. The van der Waals surface area contributed by atoms with E-state index >= 15 is 0 Å². The van der Waals surface area contributed by atoms with Crippen molar-refractivity contribution >= 4 is 17.3 Å². The number of carboxylic acid groups (broad SMARTS) is 1. The van der Waals surface area contributed by atoms with Crippen LogP contribution in [0.25, 0.3) is 0 Å². The molecular weight excluding hydrogens is 214 g/mol. The number of nitrogens with zero attached hydrogens (tertiary/aromatic N) is 1. The van der Waals surface area contributed by atoms with Gasteiger partial charge in [-0.3, -0.25) is 4.90 Å². The molecule has 82 valence electrons. The Hall–Kier alpha value is -0.910. The SMILES string of the molecule is O=C(O)[C@@H]1CN(Cc2cccs2)CCO1. The summed E-state index contributed by atoms with van der Waals surface area (Å²) < 4.78 is 5.15. The van der Waals surface area contributed by atoms with Gasteiger partial charge in [0.15, 0.2) is 6.10 Å². The maximum atomic E-state index is 10.8. The van der Waals surface area contributed by atoms with E-state index in [1.54, 1.807) is 11.3 Å². The lowest BCUT2D eigenvalue weighted by molar-refractivity contribution is -0.156. The van der Waals surface area contributed by atoms with E-state index in [2.05, 4.69) is 11.0 Å². The fourth-order valence-corrected chi connectivity index (χ4v) is 2.36. The molecule has 1 aromatic heterocycles. The molecule has 0 aliphatic carbocycles. The van der Waals surface area contributed by atoms with Crippen molar-refractivity contribution in [2.75, 3.05) is 19.7 Å². The molecule has 0 spiro atoms. The first-order valence-electron chi connectivity index (χ1n) is 4.85. The van der Waals surface area contributed by atoms with E-state index in [0.29, 0.717) is 13.2 Å². The highest BCUT2D eigenvalue weighted by molar-refractivity contribution is 7.09. The maximum Gasteiger partial charge on any atom is 0.334 e. The molecule has 0 bridgehead atoms. The van der Waals surface area contributed by atoms with Crippen molar-refractivity contribution in [2.24, 2.45) is 0 Å². The van der Waals surface area contributed by atoms with Crippen molar-refractivity contribution in [1.82, 2.24) is 4.90 Å². The fraction of sp³-hybridized carbons (Fsp3) is 0.500. The van der Waals surface area contributed by atoms with Crippen LogP contribution in [0.4, 0.5) is 0 Å². The van der Waals surface area contributed by atoms with Crippen LogP contribution in [0.2, 0.25) is 0 Å². The summed E-state index contributed by atoms with van der Waals surface area (Å²) in [7, 11) is 0. The van der Waals surface area contributed by atoms with Crippen LogP contribution in [-0.4, -0.2) is 41.8 Å². The number of carboxylic acids is 1. The zero-order valence-corrected chi connectivity index (χ0v) is 9.07. The van der Waals surface area contributed by atoms with Gasteiger partial charge in [-0.2, -0.15) is 0 Å². The molecule has 2 heterocycles. The van der Waals surface area contributed by atoms with E-state index in [1.165, 1.54) is 4.88 Å². The summed E-state index contributed by atoms with van der Waals surface area (Å²) in [5, 5.41) is 10.9. The average molecular weight is 227 g/mol. The fourth-order valence-electron chi connectivity index (χ4n) is 1.62. The molecule has 1 N–H and O–H groups in total. The topological polar surface area (TPSA) is 49.8 Å². The van der Waals surface area contributed by atoms with Crippen molar-refractivity contribution in [1.29, 1.82) is 0 Å². The first kappa shape index (κ1) is 10.6. The molecule has 0 radical (unpaired) electrons. The minimum absolute atomic E-state index is 0.479. The van der Waals surface area contributed by atoms with Crippen LogP contribution in [0.3, 0.4) is 0 Å². The lowest BCUT2D eigenvalue weighted by atomic mass is 10.2. The van der Waals surface area contributed by atoms with Crippen molar-refractivity contribution in [3.63, 3.8) is 0 Å². The summed E-state index contributed by atoms with van der Waals surface area (Å²) in [6.07, 6.45) is -0.668. The van der Waals surface area contributed by atoms with E-state index < -0.39 is 12.1 Å². The minimum Gasteiger partial charge on any atom is -0.479 e. The number of rotatable bonds is 3. The third-order valence-corrected chi connectivity index (χ3v) is 3.25. The highest BCUT2D eigenvalue weighted by Gasteiger charge is 2.26. The second kappa shape index (κ2) is 4.74. The lowest BCUT2D eigenvalue weighted by Gasteiger charge is -2.30. The van der Waals surface area contributed by atoms with E-state index in [0.717, 1.165) is 13.1 Å². The third kappa shape index (κ3) is 2.77. The van der Waals surface area contributed by atoms with Crippen molar-refractivity contribution in [3.8, 4) is 0 Å². The largest absolute Gasteiger partial charge is 0.479 e. The third-order valence-electron chi connectivity index (χ3n) is 2.39. The molecule has 2 rings (SSSR count). The van der Waals surface area contributed by atoms with Gasteiger partial charge in [-0.05, 0) is 11.4 Å². The molecule has 1 aromatic rings. The number of carbonyl (C=O) groups is 1. The molecule has 0 aromatic carbocycles. The molecule has 5 heteroatoms. The van der Waals surface area contributed by atoms with Crippen LogP contribution in [0.5, 0.6) is 0 Å². The zero-order chi connectivity index (χ0) is 10.7. The molecule has 4 nitrogen and oxygen atoms in total. The first-order valence-corrected chi connectivity index (χ1v) is 5.73. The summed E-state index contributed by atoms with van der Waals surface area (Å²) in [4.78, 5) is 14.1. The maximum absolute atomic E-state index is 10.8. The predicted molar refractivity (Wildman–Crippen MR) is 57.0 cm³/mol. The van der Waals surface area contributed by atoms with Gasteiger partial charge in [0.1, 0.15) is 0 Å². The molecule has 0 unspecified atom stereocenters. The zero-order valence-electron chi connectivity index (χ0n) is 8.26. The average Bonchev–Trinajstić information content (AvgIpc) is 2.71. The number of thiophene rings is 1. The molecule has 0 saturated carbocycles. The molecule has 0 amide bonds. The Labute approximate surface area is 92.1 Å². The van der Waals surface area contributed by atoms with E-state index in [4.69, 9.17) is 9.84 Å². The Morgan fingerprint density at radius 2 is 2.60 bits per heavy atom. The van der Waals surface area contributed by atoms with Gasteiger partial charge in [0.2, 0.25) is 0 Å². The second-order valence-corrected chi connectivity index (χ2v) is 4.54. The summed E-state index contributed by atoms with van der Waals surface area (Å²) >= 11 is 1.70. The highest BCUT2D eigenvalue weighted by Crippen LogP contribution is 2.14. The van der Waals surface area contributed by atoms with Crippen LogP contribution >= 0.6 is 11.3 Å². The lowest BCUT2D eigenvalue weighted by Crippen LogP contribution is -2.45. The standard InChI is InChI=1S/C10H13NO3S/c12-10(13)9-7-11(3-4-14-9)6-8-2-1-5-15-8/h1-2,5,9H,3-4,6-7H2,(H,12,13)/t9-/m0/s1. The molecule has 1 fully saturated rings. The molecule has 1 saturated heterocycles. The number of hydrogen-bond acceptors (Lipinski definition) is 4. The number of ether oxygens (including phenoxy) is 1. The van der Waals surface area contributed by atoms with Crippen LogP contribution in [0.1, 0.15) is 4.88 Å².